The maximum atomic E-state index is 13.2. The topological polar surface area (TPSA) is 78.7 Å². The summed E-state index contributed by atoms with van der Waals surface area (Å²) in [5, 5.41) is 11.5. The summed E-state index contributed by atoms with van der Waals surface area (Å²) in [5.74, 6) is -2.75. The number of aliphatic carboxylic acids is 1. The molecular weight excluding hydrogens is 468 g/mol. The number of carboxylic acids is 1. The molecular formula is C24H30F4N4O3. The molecule has 2 fully saturated rings. The summed E-state index contributed by atoms with van der Waals surface area (Å²) in [5.41, 5.74) is 2.21. The van der Waals surface area contributed by atoms with Crippen molar-refractivity contribution in [1.82, 2.24) is 19.6 Å². The van der Waals surface area contributed by atoms with Crippen molar-refractivity contribution < 1.29 is 32.3 Å². The molecule has 2 aliphatic heterocycles. The lowest BCUT2D eigenvalue weighted by Gasteiger charge is -2.38. The first kappa shape index (κ1) is 26.7. The van der Waals surface area contributed by atoms with Gasteiger partial charge < -0.3 is 10.0 Å². The van der Waals surface area contributed by atoms with Crippen LogP contribution in [0.2, 0.25) is 0 Å². The van der Waals surface area contributed by atoms with Crippen molar-refractivity contribution >= 4 is 11.9 Å². The second-order valence-corrected chi connectivity index (χ2v) is 8.97. The van der Waals surface area contributed by atoms with Gasteiger partial charge in [-0.05, 0) is 56.8 Å². The number of halogens is 4. The third-order valence-electron chi connectivity index (χ3n) is 6.60. The zero-order chi connectivity index (χ0) is 25.6. The molecule has 0 bridgehead atoms. The molecule has 1 N–H and O–H groups in total. The van der Waals surface area contributed by atoms with E-state index in [1.807, 2.05) is 10.9 Å². The number of rotatable bonds is 5. The quantitative estimate of drug-likeness (QED) is 0.625. The molecule has 1 atom stereocenters. The molecule has 0 saturated carbocycles. The van der Waals surface area contributed by atoms with Gasteiger partial charge in [-0.15, -0.1) is 0 Å². The van der Waals surface area contributed by atoms with Crippen LogP contribution >= 0.6 is 0 Å². The average molecular weight is 499 g/mol. The molecule has 192 valence electrons. The van der Waals surface area contributed by atoms with Crippen molar-refractivity contribution in [2.45, 2.75) is 70.4 Å². The number of alkyl halides is 3. The first-order chi connectivity index (χ1) is 16.5. The van der Waals surface area contributed by atoms with Gasteiger partial charge in [0.05, 0.1) is 6.20 Å². The average Bonchev–Trinajstić information content (AvgIpc) is 3.31. The highest BCUT2D eigenvalue weighted by Gasteiger charge is 2.45. The number of aromatic nitrogens is 2. The smallest absolute Gasteiger partial charge is 0.475 e. The predicted molar refractivity (Wildman–Crippen MR) is 120 cm³/mol. The van der Waals surface area contributed by atoms with Crippen molar-refractivity contribution in [3.05, 3.63) is 53.6 Å². The van der Waals surface area contributed by atoms with Crippen LogP contribution in [0.5, 0.6) is 0 Å². The Morgan fingerprint density at radius 1 is 1.09 bits per heavy atom. The Morgan fingerprint density at radius 2 is 1.77 bits per heavy atom. The van der Waals surface area contributed by atoms with E-state index in [0.717, 1.165) is 57.4 Å². The number of carboxylic acid groups (broad SMARTS) is 1. The minimum Gasteiger partial charge on any atom is -0.475 e. The van der Waals surface area contributed by atoms with Crippen molar-refractivity contribution in [2.75, 3.05) is 13.1 Å². The van der Waals surface area contributed by atoms with E-state index in [9.17, 15) is 22.4 Å². The van der Waals surface area contributed by atoms with Gasteiger partial charge in [0.2, 0.25) is 5.91 Å². The van der Waals surface area contributed by atoms with E-state index in [0.29, 0.717) is 13.0 Å². The van der Waals surface area contributed by atoms with E-state index >= 15 is 0 Å². The Hall–Kier alpha value is -2.95. The Kier molecular flexibility index (Phi) is 8.52. The van der Waals surface area contributed by atoms with Crippen LogP contribution in [-0.4, -0.2) is 61.4 Å². The number of carbonyl (C=O) groups excluding carboxylic acids is 1. The SMILES string of the molecule is CCn1cc(CN2CCCC3(CCC(=O)N3Cc3ccc(F)cc3)CC2)cn1.O=C(O)C(F)(F)F. The van der Waals surface area contributed by atoms with Crippen molar-refractivity contribution in [3.8, 4) is 0 Å². The fraction of sp³-hybridized carbons (Fsp3) is 0.542. The molecule has 0 aliphatic carbocycles. The molecule has 1 aromatic carbocycles. The molecule has 2 aromatic rings. The Labute approximate surface area is 201 Å². The molecule has 1 spiro atoms. The van der Waals surface area contributed by atoms with Gasteiger partial charge in [-0.2, -0.15) is 18.3 Å². The molecule has 1 unspecified atom stereocenters. The molecule has 35 heavy (non-hydrogen) atoms. The monoisotopic (exact) mass is 498 g/mol. The molecule has 1 amide bonds. The highest BCUT2D eigenvalue weighted by molar-refractivity contribution is 5.79. The van der Waals surface area contributed by atoms with Gasteiger partial charge in [0.1, 0.15) is 5.82 Å². The van der Waals surface area contributed by atoms with Crippen molar-refractivity contribution in [3.63, 3.8) is 0 Å². The van der Waals surface area contributed by atoms with E-state index in [-0.39, 0.29) is 17.3 Å². The van der Waals surface area contributed by atoms with Crippen LogP contribution < -0.4 is 0 Å². The van der Waals surface area contributed by atoms with E-state index in [2.05, 4.69) is 28.0 Å². The first-order valence-corrected chi connectivity index (χ1v) is 11.6. The largest absolute Gasteiger partial charge is 0.490 e. The molecule has 4 rings (SSSR count). The van der Waals surface area contributed by atoms with Crippen LogP contribution in [0.15, 0.2) is 36.7 Å². The summed E-state index contributed by atoms with van der Waals surface area (Å²) in [6, 6.07) is 6.55. The molecule has 2 aliphatic rings. The third kappa shape index (κ3) is 7.03. The van der Waals surface area contributed by atoms with E-state index in [1.165, 1.54) is 17.7 Å². The molecule has 2 saturated heterocycles. The van der Waals surface area contributed by atoms with Crippen LogP contribution in [-0.2, 0) is 29.2 Å². The lowest BCUT2D eigenvalue weighted by molar-refractivity contribution is -0.192. The van der Waals surface area contributed by atoms with Gasteiger partial charge in [-0.3, -0.25) is 14.4 Å². The van der Waals surface area contributed by atoms with Crippen LogP contribution in [0.3, 0.4) is 0 Å². The first-order valence-electron chi connectivity index (χ1n) is 11.6. The highest BCUT2D eigenvalue weighted by atomic mass is 19.4. The molecule has 1 aromatic heterocycles. The standard InChI is InChI=1S/C22H29FN4O.C2HF3O2/c1-2-26-16-19(14-24-26)15-25-12-3-9-22(11-13-25)10-8-21(28)27(22)17-18-4-6-20(23)7-5-18;3-2(4,5)1(6)7/h4-7,14,16H,2-3,8-13,15,17H2,1H3;(H,6,7). The number of amides is 1. The zero-order valence-electron chi connectivity index (χ0n) is 19.6. The number of aryl methyl sites for hydroxylation is 1. The Morgan fingerprint density at radius 3 is 2.37 bits per heavy atom. The van der Waals surface area contributed by atoms with Gasteiger partial charge in [0.25, 0.3) is 0 Å². The minimum atomic E-state index is -5.08. The number of likely N-dealkylation sites (tertiary alicyclic amines) is 2. The summed E-state index contributed by atoms with van der Waals surface area (Å²) in [6.45, 7) is 6.54. The van der Waals surface area contributed by atoms with Crippen LogP contribution in [0, 0.1) is 5.82 Å². The summed E-state index contributed by atoms with van der Waals surface area (Å²) in [6.07, 6.45) is 3.71. The maximum absolute atomic E-state index is 13.2. The zero-order valence-corrected chi connectivity index (χ0v) is 19.6. The fourth-order valence-electron chi connectivity index (χ4n) is 4.73. The minimum absolute atomic E-state index is 0.0478. The van der Waals surface area contributed by atoms with Crippen LogP contribution in [0.25, 0.3) is 0 Å². The number of nitrogens with zero attached hydrogens (tertiary/aromatic N) is 4. The van der Waals surface area contributed by atoms with Gasteiger partial charge in [-0.1, -0.05) is 12.1 Å². The summed E-state index contributed by atoms with van der Waals surface area (Å²) >= 11 is 0. The Balaban J connectivity index is 0.000000429. The fourth-order valence-corrected chi connectivity index (χ4v) is 4.73. The van der Waals surface area contributed by atoms with E-state index in [4.69, 9.17) is 9.90 Å². The summed E-state index contributed by atoms with van der Waals surface area (Å²) in [7, 11) is 0. The molecule has 7 nitrogen and oxygen atoms in total. The van der Waals surface area contributed by atoms with Gasteiger partial charge >= 0.3 is 12.1 Å². The van der Waals surface area contributed by atoms with Crippen LogP contribution in [0.1, 0.15) is 50.2 Å². The number of carbonyl (C=O) groups is 2. The normalized spacial score (nSPS) is 21.1. The van der Waals surface area contributed by atoms with Gasteiger partial charge in [0, 0.05) is 49.9 Å². The summed E-state index contributed by atoms with van der Waals surface area (Å²) < 4.78 is 46.9. The van der Waals surface area contributed by atoms with Crippen LogP contribution in [0.4, 0.5) is 17.6 Å². The number of hydrogen-bond acceptors (Lipinski definition) is 4. The second kappa shape index (κ2) is 11.2. The highest BCUT2D eigenvalue weighted by Crippen LogP contribution is 2.40. The Bertz CT molecular complexity index is 1010. The van der Waals surface area contributed by atoms with Gasteiger partial charge in [0.15, 0.2) is 0 Å². The van der Waals surface area contributed by atoms with Gasteiger partial charge in [-0.25, -0.2) is 9.18 Å². The number of benzene rings is 1. The van der Waals surface area contributed by atoms with E-state index in [1.54, 1.807) is 12.1 Å². The maximum Gasteiger partial charge on any atom is 0.490 e. The molecule has 0 radical (unpaired) electrons. The molecule has 3 heterocycles. The van der Waals surface area contributed by atoms with E-state index < -0.39 is 12.1 Å². The molecule has 11 heteroatoms. The lowest BCUT2D eigenvalue weighted by Crippen LogP contribution is -2.45. The summed E-state index contributed by atoms with van der Waals surface area (Å²) in [4.78, 5) is 26.1. The lowest BCUT2D eigenvalue weighted by atomic mass is 9.87. The second-order valence-electron chi connectivity index (χ2n) is 8.97. The number of hydrogen-bond donors (Lipinski definition) is 1. The van der Waals surface area contributed by atoms with Crippen molar-refractivity contribution in [2.24, 2.45) is 0 Å². The van der Waals surface area contributed by atoms with Crippen molar-refractivity contribution in [1.29, 1.82) is 0 Å². The third-order valence-corrected chi connectivity index (χ3v) is 6.60. The predicted octanol–water partition coefficient (Wildman–Crippen LogP) is 4.22.